The lowest BCUT2D eigenvalue weighted by atomic mass is 9.77. The Kier molecular flexibility index (Phi) is 21.4. The summed E-state index contributed by atoms with van der Waals surface area (Å²) < 4.78 is 69.5. The number of amides is 1. The van der Waals surface area contributed by atoms with Crippen LogP contribution in [0.15, 0.2) is 30.6 Å². The van der Waals surface area contributed by atoms with E-state index in [2.05, 4.69) is 27.5 Å². The molecule has 4 N–H and O–H groups in total. The third-order valence-electron chi connectivity index (χ3n) is 17.6. The highest BCUT2D eigenvalue weighted by molar-refractivity contribution is 5.89. The highest BCUT2D eigenvalue weighted by Crippen LogP contribution is 2.41. The molecule has 4 fully saturated rings. The number of ether oxygens (including phenoxy) is 8. The molecule has 3 aromatic rings. The number of cyclic esters (lactones) is 2. The zero-order valence-electron chi connectivity index (χ0n) is 50.9. The molecule has 0 bridgehead atoms. The summed E-state index contributed by atoms with van der Waals surface area (Å²) in [5, 5.41) is 64.2. The third-order valence-corrected chi connectivity index (χ3v) is 17.6. The third kappa shape index (κ3) is 14.6. The van der Waals surface area contributed by atoms with E-state index in [0.29, 0.717) is 56.0 Å². The van der Waals surface area contributed by atoms with Crippen molar-refractivity contribution in [2.45, 2.75) is 211 Å². The van der Waals surface area contributed by atoms with E-state index in [4.69, 9.17) is 37.9 Å². The molecule has 1 amide bonds. The molecule has 4 aliphatic heterocycles. The summed E-state index contributed by atoms with van der Waals surface area (Å²) in [6.07, 6.45) is -5.89. The molecular weight excluding hydrogens is 1070 g/mol. The van der Waals surface area contributed by atoms with Gasteiger partial charge in [-0.3, -0.25) is 9.69 Å². The SMILES string of the molecule is CC[C@H]1OC(=O)[C@H](C)[C@@H](O[C@H]2C[C@@](C)(OC)[C@@H](O)[C@H](C)O2)[C@H](C)[C@@H](O[C@@H]2O[C@H](C)C[C@H](N(C)CCc3cn(C[C@H]4CN(c5ccc(-n6cc(CN(C)C)nn6)c(F)c5)C(=O)O4)nn3)[C@H]2O)[C@](C)(OC)C[C@@H](C)CN(C)[C@H](C)[C@@H](O)[C@]1(C)O. The second kappa shape index (κ2) is 26.9. The lowest BCUT2D eigenvalue weighted by Gasteiger charge is -2.49. The molecule has 0 saturated carbocycles. The Morgan fingerprint density at radius 2 is 1.56 bits per heavy atom. The van der Waals surface area contributed by atoms with Crippen LogP contribution in [0.1, 0.15) is 106 Å². The smallest absolute Gasteiger partial charge is 0.414 e. The van der Waals surface area contributed by atoms with Crippen molar-refractivity contribution in [3.63, 3.8) is 0 Å². The minimum atomic E-state index is -1.84. The van der Waals surface area contributed by atoms with E-state index in [1.165, 1.54) is 29.7 Å². The first-order valence-corrected chi connectivity index (χ1v) is 28.8. The first-order valence-electron chi connectivity index (χ1n) is 28.8. The Hall–Kier alpha value is -4.35. The van der Waals surface area contributed by atoms with Crippen molar-refractivity contribution in [2.24, 2.45) is 17.8 Å². The maximum Gasteiger partial charge on any atom is 0.414 e. The lowest BCUT2D eigenvalue weighted by Crippen LogP contribution is -2.61. The van der Waals surface area contributed by atoms with Crippen LogP contribution >= 0.6 is 0 Å². The number of aromatic nitrogens is 6. The molecule has 0 aliphatic carbocycles. The molecular formula is C57H93FN10O14. The summed E-state index contributed by atoms with van der Waals surface area (Å²) in [5.41, 5.74) is -2.15. The normalized spacial score (nSPS) is 37.7. The number of hydrogen-bond donors (Lipinski definition) is 4. The van der Waals surface area contributed by atoms with Crippen molar-refractivity contribution in [3.05, 3.63) is 47.8 Å². The molecule has 0 spiro atoms. The van der Waals surface area contributed by atoms with Crippen molar-refractivity contribution in [1.29, 1.82) is 0 Å². The zero-order valence-corrected chi connectivity index (χ0v) is 50.9. The summed E-state index contributed by atoms with van der Waals surface area (Å²) in [7, 11) is 10.7. The summed E-state index contributed by atoms with van der Waals surface area (Å²) in [6.45, 7) is 19.9. The van der Waals surface area contributed by atoms with E-state index in [0.717, 1.165) is 0 Å². The van der Waals surface area contributed by atoms with Crippen molar-refractivity contribution < 1.29 is 72.3 Å². The number of carbonyl (C=O) groups excluding carboxylic acids is 2. The molecule has 25 heteroatoms. The molecule has 82 heavy (non-hydrogen) atoms. The number of likely N-dealkylation sites (N-methyl/N-ethyl adjacent to an activating group) is 2. The Morgan fingerprint density at radius 3 is 2.22 bits per heavy atom. The molecule has 4 aliphatic rings. The first-order chi connectivity index (χ1) is 38.5. The van der Waals surface area contributed by atoms with Crippen LogP contribution in [0, 0.1) is 23.6 Å². The van der Waals surface area contributed by atoms with Crippen LogP contribution in [-0.2, 0) is 62.2 Å². The monoisotopic (exact) mass is 1160 g/mol. The molecule has 0 unspecified atom stereocenters. The van der Waals surface area contributed by atoms with Crippen LogP contribution in [0.5, 0.6) is 0 Å². The number of benzene rings is 1. The van der Waals surface area contributed by atoms with E-state index in [1.807, 2.05) is 70.6 Å². The van der Waals surface area contributed by atoms with E-state index in [-0.39, 0.29) is 43.6 Å². The van der Waals surface area contributed by atoms with Gasteiger partial charge in [-0.15, -0.1) is 10.2 Å². The Labute approximate surface area is 482 Å². The van der Waals surface area contributed by atoms with Gasteiger partial charge in [0.05, 0.1) is 77.9 Å². The number of anilines is 1. The second-order valence-electron chi connectivity index (χ2n) is 24.7. The number of hydrogen-bond acceptors (Lipinski definition) is 21. The molecule has 4 saturated heterocycles. The van der Waals surface area contributed by atoms with Crippen molar-refractivity contribution in [2.75, 3.05) is 66.9 Å². The van der Waals surface area contributed by atoms with Gasteiger partial charge in [-0.2, -0.15) is 0 Å². The number of esters is 1. The summed E-state index contributed by atoms with van der Waals surface area (Å²) in [6, 6.07) is 3.45. The zero-order chi connectivity index (χ0) is 60.3. The number of nitrogens with zero attached hydrogens (tertiary/aromatic N) is 10. The highest BCUT2D eigenvalue weighted by Gasteiger charge is 2.53. The summed E-state index contributed by atoms with van der Waals surface area (Å²) >= 11 is 0. The summed E-state index contributed by atoms with van der Waals surface area (Å²) in [5.74, 6) is -3.12. The molecule has 24 nitrogen and oxygen atoms in total. The van der Waals surface area contributed by atoms with E-state index in [1.54, 1.807) is 64.0 Å². The van der Waals surface area contributed by atoms with Gasteiger partial charge >= 0.3 is 12.1 Å². The lowest BCUT2D eigenvalue weighted by molar-refractivity contribution is -0.319. The van der Waals surface area contributed by atoms with E-state index in [9.17, 15) is 30.0 Å². The van der Waals surface area contributed by atoms with Gasteiger partial charge in [0.15, 0.2) is 18.4 Å². The molecule has 7 rings (SSSR count). The largest absolute Gasteiger partial charge is 0.459 e. The number of halogens is 1. The second-order valence-corrected chi connectivity index (χ2v) is 24.7. The average molecular weight is 1160 g/mol. The standard InChI is InChI=1S/C57H93FN10O14/c1-17-45-57(10,74)49(70)36(6)65(14)26-32(2)24-56(9,76-16)51(34(4)48(35(5)52(72)80-45)81-46-25-55(8,75-15)50(71)37(7)78-46)82-53-47(69)44(22-33(3)77-53)64(13)21-20-38-28-66(61-59-38)30-41-31-67(54(73)79-41)40-18-19-43(42(58)23-40)68-29-39(60-62-68)27-63(11)12/h18-19,23,28-29,32-37,41,44-51,53,69-71,74H,17,20-22,24-27,30-31H2,1-16H3/t32-,33-,34+,35-,36-,37+,41+,44+,45-,46+,47-,48+,49-,50+,51-,53+,55-,56-,57-/m1/s1. The quantitative estimate of drug-likeness (QED) is 0.141. The number of carbonyl (C=O) groups is 2. The first kappa shape index (κ1) is 65.2. The molecule has 2 aromatic heterocycles. The van der Waals surface area contributed by atoms with Gasteiger partial charge in [0.2, 0.25) is 0 Å². The Morgan fingerprint density at radius 1 is 0.866 bits per heavy atom. The topological polar surface area (TPSA) is 263 Å². The molecule has 1 aromatic carbocycles. The average Bonchev–Trinajstić information content (AvgIpc) is 4.23. The van der Waals surface area contributed by atoms with Gasteiger partial charge in [-0.05, 0) is 120 Å². The van der Waals surface area contributed by atoms with Gasteiger partial charge in [0.1, 0.15) is 41.8 Å². The number of rotatable bonds is 17. The molecule has 0 radical (unpaired) electrons. The van der Waals surface area contributed by atoms with Gasteiger partial charge in [-0.25, -0.2) is 18.5 Å². The molecule has 6 heterocycles. The fourth-order valence-corrected chi connectivity index (χ4v) is 12.5. The van der Waals surface area contributed by atoms with Crippen molar-refractivity contribution in [3.8, 4) is 5.69 Å². The predicted molar refractivity (Wildman–Crippen MR) is 298 cm³/mol. The van der Waals surface area contributed by atoms with Crippen molar-refractivity contribution >= 4 is 17.7 Å². The van der Waals surface area contributed by atoms with E-state index >= 15 is 4.39 Å². The van der Waals surface area contributed by atoms with Gasteiger partial charge < -0.3 is 73.0 Å². The minimum absolute atomic E-state index is 0.0967. The summed E-state index contributed by atoms with van der Waals surface area (Å²) in [4.78, 5) is 35.0. The van der Waals surface area contributed by atoms with Crippen LogP contribution in [-0.4, -0.2) is 236 Å². The Balaban J connectivity index is 1.08. The minimum Gasteiger partial charge on any atom is -0.459 e. The van der Waals surface area contributed by atoms with Gasteiger partial charge in [0, 0.05) is 70.9 Å². The van der Waals surface area contributed by atoms with Gasteiger partial charge in [-0.1, -0.05) is 31.2 Å². The van der Waals surface area contributed by atoms with Crippen LogP contribution in [0.2, 0.25) is 0 Å². The number of aliphatic hydroxyl groups is 4. The Bertz CT molecular complexity index is 2580. The highest BCUT2D eigenvalue weighted by atomic mass is 19.1. The van der Waals surface area contributed by atoms with Gasteiger partial charge in [0.25, 0.3) is 0 Å². The maximum absolute atomic E-state index is 15.4. The maximum atomic E-state index is 15.4. The molecule has 19 atom stereocenters. The number of aliphatic hydroxyl groups excluding tert-OH is 3. The molecule has 462 valence electrons. The van der Waals surface area contributed by atoms with Crippen molar-refractivity contribution in [1.82, 2.24) is 44.7 Å². The van der Waals surface area contributed by atoms with Crippen LogP contribution < -0.4 is 4.90 Å². The van der Waals surface area contributed by atoms with Crippen LogP contribution in [0.25, 0.3) is 5.69 Å². The predicted octanol–water partition coefficient (Wildman–Crippen LogP) is 3.57. The van der Waals surface area contributed by atoms with E-state index < -0.39 is 120 Å². The van der Waals surface area contributed by atoms with Crippen LogP contribution in [0.4, 0.5) is 14.9 Å². The fraction of sp³-hybridized carbons (Fsp3) is 0.789. The fourth-order valence-electron chi connectivity index (χ4n) is 12.5. The number of methoxy groups -OCH3 is 2. The van der Waals surface area contributed by atoms with Crippen LogP contribution in [0.3, 0.4) is 0 Å².